The number of carbonyl (C=O) groups excluding carboxylic acids is 2. The molecule has 0 bridgehead atoms. The summed E-state index contributed by atoms with van der Waals surface area (Å²) in [5.41, 5.74) is -1.40. The lowest BCUT2D eigenvalue weighted by Crippen LogP contribution is -2.66. The number of aliphatic hydroxyl groups excluding tert-OH is 1. The second-order valence-electron chi connectivity index (χ2n) is 20.1. The standard InChI is InChI=1S/C49H75FN2O11/c1-11-35(44(55)56)37-19-14-27(4)42(60-37)31(8)40(53)30(7)41(54)36(12-2)43-28(5)26-29(6)48(61-43)23-20-38(52-45(57)51-34-17-15-33(50)16-18-34)49(63-48)25-24-46(10,62-49)39-21-22-47(58,13-3)32(9)59-39/h15-18,20,23,27-32,35-40,42-43,53,58H,11-14,19,21-22,24-26H2,1-10H3,(H,55,56)(H2,51,52,57)/t27-,28-,29+,30-,31-,32-,35+,36?,37+,38?,39+,40+,42+,43-,46-,47+,48-,49-/m0/s1. The van der Waals surface area contributed by atoms with Gasteiger partial charge in [0.1, 0.15) is 17.6 Å². The number of amides is 2. The highest BCUT2D eigenvalue weighted by Crippen LogP contribution is 2.54. The van der Waals surface area contributed by atoms with Crippen molar-refractivity contribution in [1.29, 1.82) is 0 Å². The first-order chi connectivity index (χ1) is 29.6. The van der Waals surface area contributed by atoms with Crippen LogP contribution in [0.5, 0.6) is 0 Å². The topological polar surface area (TPSA) is 182 Å². The first-order valence-electron chi connectivity index (χ1n) is 23.7. The molecule has 2 unspecified atom stereocenters. The Kier molecular flexibility index (Phi) is 15.3. The number of halogens is 1. The predicted molar refractivity (Wildman–Crippen MR) is 235 cm³/mol. The van der Waals surface area contributed by atoms with E-state index in [-0.39, 0.29) is 29.6 Å². The van der Waals surface area contributed by atoms with Gasteiger partial charge in [-0.15, -0.1) is 0 Å². The Morgan fingerprint density at radius 2 is 1.57 bits per heavy atom. The summed E-state index contributed by atoms with van der Waals surface area (Å²) in [6, 6.07) is 4.15. The van der Waals surface area contributed by atoms with Gasteiger partial charge in [0.15, 0.2) is 11.6 Å². The van der Waals surface area contributed by atoms with Crippen LogP contribution in [0.2, 0.25) is 0 Å². The van der Waals surface area contributed by atoms with Crippen molar-refractivity contribution < 1.29 is 57.8 Å². The van der Waals surface area contributed by atoms with Gasteiger partial charge in [0, 0.05) is 35.8 Å². The fraction of sp³-hybridized carbons (Fsp3) is 0.776. The number of rotatable bonds is 14. The van der Waals surface area contributed by atoms with Gasteiger partial charge in [-0.3, -0.25) is 9.59 Å². The van der Waals surface area contributed by atoms with E-state index in [0.29, 0.717) is 63.5 Å². The molecule has 5 aliphatic heterocycles. The largest absolute Gasteiger partial charge is 0.481 e. The van der Waals surface area contributed by atoms with Crippen molar-refractivity contribution in [2.45, 2.75) is 199 Å². The molecule has 0 radical (unpaired) electrons. The van der Waals surface area contributed by atoms with Gasteiger partial charge in [-0.05, 0) is 114 Å². The molecule has 4 fully saturated rings. The molecule has 18 atom stereocenters. The Morgan fingerprint density at radius 1 is 0.889 bits per heavy atom. The summed E-state index contributed by atoms with van der Waals surface area (Å²) in [7, 11) is 0. The molecule has 354 valence electrons. The third-order valence-electron chi connectivity index (χ3n) is 15.9. The number of carboxylic acids is 1. The maximum Gasteiger partial charge on any atom is 0.319 e. The fourth-order valence-corrected chi connectivity index (χ4v) is 11.5. The number of nitrogens with one attached hydrogen (secondary N) is 2. The highest BCUT2D eigenvalue weighted by Gasteiger charge is 2.63. The van der Waals surface area contributed by atoms with Crippen molar-refractivity contribution in [2.24, 2.45) is 41.4 Å². The van der Waals surface area contributed by atoms with E-state index < -0.39 is 101 Å². The molecule has 5 N–H and O–H groups in total. The summed E-state index contributed by atoms with van der Waals surface area (Å²) in [5, 5.41) is 38.8. The number of hydrogen-bond donors (Lipinski definition) is 5. The van der Waals surface area contributed by atoms with Crippen LogP contribution < -0.4 is 10.6 Å². The van der Waals surface area contributed by atoms with Gasteiger partial charge >= 0.3 is 12.0 Å². The number of urea groups is 1. The number of anilines is 1. The lowest BCUT2D eigenvalue weighted by atomic mass is 9.72. The van der Waals surface area contributed by atoms with Crippen LogP contribution in [0.3, 0.4) is 0 Å². The maximum absolute atomic E-state index is 14.7. The number of aliphatic hydroxyl groups is 2. The second kappa shape index (κ2) is 19.5. The molecule has 0 saturated carbocycles. The number of ketones is 1. The summed E-state index contributed by atoms with van der Waals surface area (Å²) < 4.78 is 48.1. The molecule has 2 spiro atoms. The number of carbonyl (C=O) groups is 3. The molecule has 2 amide bonds. The number of hydrogen-bond acceptors (Lipinski definition) is 10. The van der Waals surface area contributed by atoms with E-state index in [2.05, 4.69) is 24.5 Å². The molecular formula is C49H75FN2O11. The zero-order chi connectivity index (χ0) is 46.2. The van der Waals surface area contributed by atoms with E-state index in [1.165, 1.54) is 24.3 Å². The number of ether oxygens (including phenoxy) is 5. The number of carboxylic acid groups (broad SMARTS) is 1. The van der Waals surface area contributed by atoms with Gasteiger partial charge < -0.3 is 49.6 Å². The van der Waals surface area contributed by atoms with Crippen LogP contribution in [0, 0.1) is 47.2 Å². The SMILES string of the molecule is CCC(C(=O)[C@@H](C)[C@@H](O)[C@H](C)[C@@H]1O[C@@H]([C@@H](CC)C(=O)O)CC[C@@H]1C)[C@H]1O[C@]2(C=CC(NC(=O)Nc3ccc(F)cc3)[C@]3(CC[C@@](C)([C@H]4CC[C@](O)(CC)[C@H](C)O4)O3)O2)[C@H](C)C[C@@H]1C. The Bertz CT molecular complexity index is 1800. The van der Waals surface area contributed by atoms with Crippen LogP contribution in [-0.2, 0) is 33.3 Å². The van der Waals surface area contributed by atoms with Gasteiger partial charge in [-0.25, -0.2) is 9.18 Å². The summed E-state index contributed by atoms with van der Waals surface area (Å²) in [6.07, 6.45) is 5.90. The van der Waals surface area contributed by atoms with Crippen molar-refractivity contribution in [1.82, 2.24) is 5.32 Å². The normalized spacial score (nSPS) is 40.5. The van der Waals surface area contributed by atoms with Gasteiger partial charge in [-0.1, -0.05) is 61.5 Å². The van der Waals surface area contributed by atoms with E-state index in [1.54, 1.807) is 6.92 Å². The van der Waals surface area contributed by atoms with Crippen LogP contribution in [0.1, 0.15) is 133 Å². The fourth-order valence-electron chi connectivity index (χ4n) is 11.5. The minimum atomic E-state index is -1.43. The van der Waals surface area contributed by atoms with E-state index in [1.807, 2.05) is 60.6 Å². The molecule has 6 rings (SSSR count). The monoisotopic (exact) mass is 887 g/mol. The minimum absolute atomic E-state index is 0.0553. The molecule has 5 heterocycles. The van der Waals surface area contributed by atoms with Gasteiger partial charge in [-0.2, -0.15) is 0 Å². The lowest BCUT2D eigenvalue weighted by molar-refractivity contribution is -0.397. The Labute approximate surface area is 373 Å². The first-order valence-corrected chi connectivity index (χ1v) is 23.7. The lowest BCUT2D eigenvalue weighted by Gasteiger charge is -2.55. The summed E-state index contributed by atoms with van der Waals surface area (Å²) in [6.45, 7) is 19.5. The van der Waals surface area contributed by atoms with Crippen LogP contribution in [0.25, 0.3) is 0 Å². The predicted octanol–water partition coefficient (Wildman–Crippen LogP) is 8.16. The van der Waals surface area contributed by atoms with Crippen molar-refractivity contribution in [2.75, 3.05) is 5.32 Å². The second-order valence-corrected chi connectivity index (χ2v) is 20.1. The summed E-state index contributed by atoms with van der Waals surface area (Å²) in [5.74, 6) is -6.81. The van der Waals surface area contributed by atoms with Crippen LogP contribution in [0.15, 0.2) is 36.4 Å². The molecule has 0 aromatic heterocycles. The van der Waals surface area contributed by atoms with E-state index in [0.717, 1.165) is 6.42 Å². The zero-order valence-electron chi connectivity index (χ0n) is 39.1. The summed E-state index contributed by atoms with van der Waals surface area (Å²) in [4.78, 5) is 40.3. The molecular weight excluding hydrogens is 812 g/mol. The number of benzene rings is 1. The van der Waals surface area contributed by atoms with Crippen molar-refractivity contribution in [3.8, 4) is 0 Å². The van der Waals surface area contributed by atoms with Crippen molar-refractivity contribution in [3.05, 3.63) is 42.2 Å². The third kappa shape index (κ3) is 9.93. The van der Waals surface area contributed by atoms with E-state index in [9.17, 15) is 34.1 Å². The van der Waals surface area contributed by atoms with Crippen LogP contribution in [0.4, 0.5) is 14.9 Å². The molecule has 13 nitrogen and oxygen atoms in total. The van der Waals surface area contributed by atoms with E-state index in [4.69, 9.17) is 23.7 Å². The average Bonchev–Trinajstić information content (AvgIpc) is 3.59. The zero-order valence-corrected chi connectivity index (χ0v) is 39.1. The number of aliphatic carboxylic acids is 1. The molecule has 63 heavy (non-hydrogen) atoms. The van der Waals surface area contributed by atoms with Crippen molar-refractivity contribution >= 4 is 23.5 Å². The quantitative estimate of drug-likeness (QED) is 0.114. The Balaban J connectivity index is 1.25. The molecule has 0 aliphatic carbocycles. The molecule has 4 saturated heterocycles. The summed E-state index contributed by atoms with van der Waals surface area (Å²) >= 11 is 0. The molecule has 1 aromatic rings. The van der Waals surface area contributed by atoms with Gasteiger partial charge in [0.25, 0.3) is 0 Å². The smallest absolute Gasteiger partial charge is 0.319 e. The van der Waals surface area contributed by atoms with Gasteiger partial charge in [0.2, 0.25) is 0 Å². The van der Waals surface area contributed by atoms with Crippen LogP contribution in [-0.4, -0.2) is 98.5 Å². The maximum atomic E-state index is 14.7. The van der Waals surface area contributed by atoms with E-state index >= 15 is 0 Å². The van der Waals surface area contributed by atoms with Gasteiger partial charge in [0.05, 0.1) is 53.7 Å². The van der Waals surface area contributed by atoms with Crippen LogP contribution >= 0.6 is 0 Å². The molecule has 14 heteroatoms. The Morgan fingerprint density at radius 3 is 2.19 bits per heavy atom. The third-order valence-corrected chi connectivity index (χ3v) is 15.9. The Hall–Kier alpha value is -2.98. The minimum Gasteiger partial charge on any atom is -0.481 e. The first kappa shape index (κ1) is 49.5. The highest BCUT2D eigenvalue weighted by atomic mass is 19.1. The van der Waals surface area contributed by atoms with Crippen molar-refractivity contribution in [3.63, 3.8) is 0 Å². The molecule has 5 aliphatic rings. The molecule has 1 aromatic carbocycles. The average molecular weight is 887 g/mol. The number of Topliss-reactive ketones (excluding diaryl/α,β-unsaturated/α-hetero) is 1. The highest BCUT2D eigenvalue weighted by molar-refractivity contribution is 5.89.